The second-order valence-corrected chi connectivity index (χ2v) is 11.5. The topological polar surface area (TPSA) is 106 Å². The molecule has 3 aromatic carbocycles. The second-order valence-electron chi connectivity index (χ2n) is 11.1. The molecule has 2 aliphatic heterocycles. The van der Waals surface area contributed by atoms with E-state index < -0.39 is 6.04 Å². The van der Waals surface area contributed by atoms with Crippen molar-refractivity contribution in [2.45, 2.75) is 31.7 Å². The first-order valence-electron chi connectivity index (χ1n) is 15.1. The third-order valence-corrected chi connectivity index (χ3v) is 8.44. The van der Waals surface area contributed by atoms with E-state index in [2.05, 4.69) is 15.5 Å². The van der Waals surface area contributed by atoms with Gasteiger partial charge in [0.15, 0.2) is 0 Å². The van der Waals surface area contributed by atoms with Crippen LogP contribution in [0, 0.1) is 17.7 Å². The average Bonchev–Trinajstić information content (AvgIpc) is 3.06. The fourth-order valence-corrected chi connectivity index (χ4v) is 5.69. The number of amides is 2. The van der Waals surface area contributed by atoms with Gasteiger partial charge in [-0.3, -0.25) is 14.5 Å². The Kier molecular flexibility index (Phi) is 12.8. The number of benzene rings is 3. The molecule has 10 heteroatoms. The van der Waals surface area contributed by atoms with Crippen molar-refractivity contribution in [2.24, 2.45) is 17.6 Å². The summed E-state index contributed by atoms with van der Waals surface area (Å²) in [7, 11) is 1.59. The van der Waals surface area contributed by atoms with Gasteiger partial charge in [0.2, 0.25) is 11.8 Å². The lowest BCUT2D eigenvalue weighted by Gasteiger charge is -2.32. The molecule has 5 rings (SSSR count). The van der Waals surface area contributed by atoms with E-state index in [1.807, 2.05) is 42.5 Å². The van der Waals surface area contributed by atoms with Crippen molar-refractivity contribution in [3.8, 4) is 11.5 Å². The molecule has 0 spiro atoms. The molecule has 4 N–H and O–H groups in total. The van der Waals surface area contributed by atoms with Crippen molar-refractivity contribution in [1.82, 2.24) is 15.5 Å². The Bertz CT molecular complexity index is 1360. The Labute approximate surface area is 264 Å². The number of methoxy groups -OCH3 is 1. The molecule has 2 saturated heterocycles. The van der Waals surface area contributed by atoms with E-state index in [-0.39, 0.29) is 29.5 Å². The number of primary amides is 1. The Morgan fingerprint density at radius 3 is 2.36 bits per heavy atom. The Morgan fingerprint density at radius 2 is 1.70 bits per heavy atom. The quantitative estimate of drug-likeness (QED) is 0.295. The molecule has 3 aromatic rings. The van der Waals surface area contributed by atoms with Crippen LogP contribution in [0.5, 0.6) is 11.5 Å². The van der Waals surface area contributed by atoms with E-state index in [9.17, 15) is 14.0 Å². The number of nitrogens with one attached hydrogen (secondary N) is 2. The summed E-state index contributed by atoms with van der Waals surface area (Å²) in [6, 6.07) is 20.8. The van der Waals surface area contributed by atoms with Crippen LogP contribution in [0.2, 0.25) is 5.02 Å². The minimum Gasteiger partial charge on any atom is -0.497 e. The van der Waals surface area contributed by atoms with E-state index in [1.54, 1.807) is 31.4 Å². The van der Waals surface area contributed by atoms with E-state index in [0.29, 0.717) is 28.7 Å². The summed E-state index contributed by atoms with van der Waals surface area (Å²) in [4.78, 5) is 26.1. The lowest BCUT2D eigenvalue weighted by atomic mass is 9.93. The van der Waals surface area contributed by atoms with Crippen LogP contribution in [0.1, 0.15) is 42.9 Å². The van der Waals surface area contributed by atoms with Gasteiger partial charge in [-0.15, -0.1) is 0 Å². The van der Waals surface area contributed by atoms with Crippen molar-refractivity contribution >= 4 is 23.4 Å². The van der Waals surface area contributed by atoms with Crippen LogP contribution < -0.4 is 25.8 Å². The largest absolute Gasteiger partial charge is 0.497 e. The van der Waals surface area contributed by atoms with Gasteiger partial charge in [-0.1, -0.05) is 54.1 Å². The maximum atomic E-state index is 14.7. The standard InChI is InChI=1S/C28H30ClFN2O3.C6H12N2O/c1-34-22-8-6-7-21(19-22)27(23-9-2-4-11-25(23)30)31-28(33)20-13-15-32(16-14-20)17-18-35-26-12-5-3-10-24(26)29;7-6(9)5-1-3-8-4-2-5/h2-12,19-20,27H,13-18H2,1H3,(H,31,33);5,8H,1-4H2,(H2,7,9). The first-order chi connectivity index (χ1) is 21.4. The van der Waals surface area contributed by atoms with Gasteiger partial charge >= 0.3 is 0 Å². The zero-order chi connectivity index (χ0) is 31.3. The number of likely N-dealkylation sites (tertiary alicyclic amines) is 1. The zero-order valence-electron chi connectivity index (χ0n) is 25.1. The third-order valence-electron chi connectivity index (χ3n) is 8.13. The minimum absolute atomic E-state index is 0.0620. The molecule has 8 nitrogen and oxygen atoms in total. The predicted molar refractivity (Wildman–Crippen MR) is 170 cm³/mol. The Balaban J connectivity index is 0.000000421. The molecule has 0 saturated carbocycles. The highest BCUT2D eigenvalue weighted by molar-refractivity contribution is 6.32. The van der Waals surface area contributed by atoms with Crippen LogP contribution >= 0.6 is 11.6 Å². The van der Waals surface area contributed by atoms with Gasteiger partial charge in [-0.25, -0.2) is 4.39 Å². The number of piperidine rings is 2. The molecule has 0 bridgehead atoms. The number of hydrogen-bond acceptors (Lipinski definition) is 6. The SMILES string of the molecule is COc1cccc(C(NC(=O)C2CCN(CCOc3ccccc3Cl)CC2)c2ccccc2F)c1.NC(=O)C1CCNCC1. The highest BCUT2D eigenvalue weighted by Gasteiger charge is 2.28. The van der Waals surface area contributed by atoms with Crippen molar-refractivity contribution in [1.29, 1.82) is 0 Å². The molecule has 2 heterocycles. The van der Waals surface area contributed by atoms with E-state index in [4.69, 9.17) is 26.8 Å². The van der Waals surface area contributed by atoms with Crippen LogP contribution in [-0.2, 0) is 9.59 Å². The van der Waals surface area contributed by atoms with Crippen LogP contribution in [0.25, 0.3) is 0 Å². The molecule has 44 heavy (non-hydrogen) atoms. The average molecular weight is 625 g/mol. The van der Waals surface area contributed by atoms with Gasteiger partial charge in [0.05, 0.1) is 18.2 Å². The molecule has 1 unspecified atom stereocenters. The lowest BCUT2D eigenvalue weighted by Crippen LogP contribution is -2.43. The minimum atomic E-state index is -0.596. The molecule has 236 valence electrons. The fourth-order valence-electron chi connectivity index (χ4n) is 5.50. The Hall–Kier alpha value is -3.66. The van der Waals surface area contributed by atoms with Crippen LogP contribution in [0.3, 0.4) is 0 Å². The highest BCUT2D eigenvalue weighted by atomic mass is 35.5. The molecule has 1 atom stereocenters. The van der Waals surface area contributed by atoms with Crippen LogP contribution in [0.15, 0.2) is 72.8 Å². The highest BCUT2D eigenvalue weighted by Crippen LogP contribution is 2.29. The lowest BCUT2D eigenvalue weighted by molar-refractivity contribution is -0.127. The second kappa shape index (κ2) is 17.0. The van der Waals surface area contributed by atoms with E-state index >= 15 is 0 Å². The molecule has 0 radical (unpaired) electrons. The smallest absolute Gasteiger partial charge is 0.223 e. The number of nitrogens with zero attached hydrogens (tertiary/aromatic N) is 1. The van der Waals surface area contributed by atoms with Gasteiger partial charge in [0.1, 0.15) is 23.9 Å². The summed E-state index contributed by atoms with van der Waals surface area (Å²) in [5, 5.41) is 6.87. The summed E-state index contributed by atoms with van der Waals surface area (Å²) in [6.07, 6.45) is 3.30. The number of hydrogen-bond donors (Lipinski definition) is 3. The molecule has 2 fully saturated rings. The van der Waals surface area contributed by atoms with Gasteiger partial charge in [0, 0.05) is 23.9 Å². The first kappa shape index (κ1) is 33.2. The number of halogens is 2. The molecule has 2 aliphatic rings. The van der Waals surface area contributed by atoms with Crippen molar-refractivity contribution < 1.29 is 23.5 Å². The predicted octanol–water partition coefficient (Wildman–Crippen LogP) is 4.96. The summed E-state index contributed by atoms with van der Waals surface area (Å²) >= 11 is 6.14. The van der Waals surface area contributed by atoms with E-state index in [1.165, 1.54) is 6.07 Å². The maximum Gasteiger partial charge on any atom is 0.223 e. The summed E-state index contributed by atoms with van der Waals surface area (Å²) < 4.78 is 25.8. The molecule has 0 aliphatic carbocycles. The van der Waals surface area contributed by atoms with Crippen molar-refractivity contribution in [2.75, 3.05) is 46.4 Å². The fraction of sp³-hybridized carbons (Fsp3) is 0.412. The zero-order valence-corrected chi connectivity index (χ0v) is 25.9. The van der Waals surface area contributed by atoms with Gasteiger partial charge in [0.25, 0.3) is 0 Å². The number of carbonyl (C=O) groups excluding carboxylic acids is 2. The van der Waals surface area contributed by atoms with Crippen LogP contribution in [0.4, 0.5) is 4.39 Å². The van der Waals surface area contributed by atoms with E-state index in [0.717, 1.165) is 64.0 Å². The molecular weight excluding hydrogens is 583 g/mol. The maximum absolute atomic E-state index is 14.7. The number of ether oxygens (including phenoxy) is 2. The van der Waals surface area contributed by atoms with Crippen molar-refractivity contribution in [3.63, 3.8) is 0 Å². The van der Waals surface area contributed by atoms with Crippen molar-refractivity contribution in [3.05, 3.63) is 94.8 Å². The number of rotatable bonds is 10. The number of carbonyl (C=O) groups is 2. The summed E-state index contributed by atoms with van der Waals surface area (Å²) in [5.41, 5.74) is 6.31. The number of nitrogens with two attached hydrogens (primary N) is 1. The third kappa shape index (κ3) is 9.67. The normalized spacial score (nSPS) is 16.7. The monoisotopic (exact) mass is 624 g/mol. The summed E-state index contributed by atoms with van der Waals surface area (Å²) in [6.45, 7) is 4.77. The van der Waals surface area contributed by atoms with Gasteiger partial charge in [-0.2, -0.15) is 0 Å². The summed E-state index contributed by atoms with van der Waals surface area (Å²) in [5.74, 6) is 0.783. The van der Waals surface area contributed by atoms with Gasteiger partial charge in [-0.05, 0) is 87.8 Å². The van der Waals surface area contributed by atoms with Gasteiger partial charge < -0.3 is 25.8 Å². The number of para-hydroxylation sites is 1. The molecular formula is C34H42ClFN4O4. The first-order valence-corrected chi connectivity index (χ1v) is 15.5. The molecule has 0 aromatic heterocycles. The Morgan fingerprint density at radius 1 is 1.00 bits per heavy atom. The van der Waals surface area contributed by atoms with Crippen LogP contribution in [-0.4, -0.2) is 63.2 Å². The molecule has 2 amide bonds.